The third kappa shape index (κ3) is 3.68. The Balaban J connectivity index is 1.81. The van der Waals surface area contributed by atoms with E-state index >= 15 is 0 Å². The molecule has 1 saturated heterocycles. The van der Waals surface area contributed by atoms with Crippen LogP contribution >= 0.6 is 0 Å². The molecule has 142 valence electrons. The van der Waals surface area contributed by atoms with Crippen LogP contribution in [0.5, 0.6) is 5.75 Å². The van der Waals surface area contributed by atoms with E-state index in [4.69, 9.17) is 4.74 Å². The summed E-state index contributed by atoms with van der Waals surface area (Å²) in [7, 11) is 1.63. The highest BCUT2D eigenvalue weighted by atomic mass is 16.5. The molecule has 0 bridgehead atoms. The van der Waals surface area contributed by atoms with Gasteiger partial charge in [-0.1, -0.05) is 37.3 Å². The number of para-hydroxylation sites is 1. The van der Waals surface area contributed by atoms with Gasteiger partial charge in [0.05, 0.1) is 12.5 Å². The van der Waals surface area contributed by atoms with Crippen LogP contribution in [0.15, 0.2) is 48.5 Å². The van der Waals surface area contributed by atoms with Crippen molar-refractivity contribution in [3.8, 4) is 16.9 Å². The molecule has 5 nitrogen and oxygen atoms in total. The Bertz CT molecular complexity index is 830. The van der Waals surface area contributed by atoms with E-state index in [0.29, 0.717) is 31.4 Å². The summed E-state index contributed by atoms with van der Waals surface area (Å²) in [5, 5.41) is 9.62. The summed E-state index contributed by atoms with van der Waals surface area (Å²) in [6, 6.07) is 15.1. The van der Waals surface area contributed by atoms with Gasteiger partial charge in [0.25, 0.3) is 5.91 Å². The van der Waals surface area contributed by atoms with Crippen LogP contribution in [0.4, 0.5) is 0 Å². The molecular formula is C22H25NO4. The van der Waals surface area contributed by atoms with Gasteiger partial charge in [0.1, 0.15) is 5.75 Å². The highest BCUT2D eigenvalue weighted by Gasteiger charge is 2.42. The van der Waals surface area contributed by atoms with Crippen molar-refractivity contribution in [1.82, 2.24) is 4.90 Å². The van der Waals surface area contributed by atoms with Gasteiger partial charge >= 0.3 is 5.97 Å². The molecule has 1 fully saturated rings. The second-order valence-electron chi connectivity index (χ2n) is 7.05. The minimum absolute atomic E-state index is 0.111. The smallest absolute Gasteiger partial charge is 0.311 e. The van der Waals surface area contributed by atoms with Gasteiger partial charge in [-0.15, -0.1) is 0 Å². The molecule has 2 aromatic carbocycles. The summed E-state index contributed by atoms with van der Waals surface area (Å²) < 4.78 is 5.40. The zero-order valence-electron chi connectivity index (χ0n) is 15.8. The Kier molecular flexibility index (Phi) is 5.49. The highest BCUT2D eigenvalue weighted by Crippen LogP contribution is 2.35. The van der Waals surface area contributed by atoms with Crippen molar-refractivity contribution in [2.24, 2.45) is 5.41 Å². The predicted molar refractivity (Wildman–Crippen MR) is 104 cm³/mol. The average molecular weight is 367 g/mol. The molecule has 1 aliphatic heterocycles. The number of hydrogen-bond acceptors (Lipinski definition) is 3. The predicted octanol–water partition coefficient (Wildman–Crippen LogP) is 4.08. The third-order valence-electron chi connectivity index (χ3n) is 5.54. The van der Waals surface area contributed by atoms with E-state index in [2.05, 4.69) is 0 Å². The first-order chi connectivity index (χ1) is 13.0. The molecule has 1 amide bonds. The minimum Gasteiger partial charge on any atom is -0.496 e. The number of aliphatic carboxylic acids is 1. The van der Waals surface area contributed by atoms with Gasteiger partial charge in [-0.05, 0) is 43.0 Å². The fourth-order valence-corrected chi connectivity index (χ4v) is 3.78. The molecule has 0 spiro atoms. The number of carboxylic acids is 1. The Morgan fingerprint density at radius 2 is 1.85 bits per heavy atom. The molecule has 0 aromatic heterocycles. The average Bonchev–Trinajstić information content (AvgIpc) is 2.73. The molecule has 27 heavy (non-hydrogen) atoms. The van der Waals surface area contributed by atoms with E-state index in [9.17, 15) is 14.7 Å². The number of ether oxygens (including phenoxy) is 1. The fourth-order valence-electron chi connectivity index (χ4n) is 3.78. The first-order valence-corrected chi connectivity index (χ1v) is 9.27. The molecule has 1 heterocycles. The minimum atomic E-state index is -0.828. The van der Waals surface area contributed by atoms with Gasteiger partial charge in [-0.25, -0.2) is 0 Å². The molecule has 2 aromatic rings. The van der Waals surface area contributed by atoms with Crippen molar-refractivity contribution >= 4 is 11.9 Å². The number of benzene rings is 2. The van der Waals surface area contributed by atoms with E-state index in [1.54, 1.807) is 24.1 Å². The van der Waals surface area contributed by atoms with Gasteiger partial charge < -0.3 is 14.7 Å². The van der Waals surface area contributed by atoms with Crippen molar-refractivity contribution in [1.29, 1.82) is 0 Å². The van der Waals surface area contributed by atoms with Crippen LogP contribution in [0.2, 0.25) is 0 Å². The summed E-state index contributed by atoms with van der Waals surface area (Å²) in [4.78, 5) is 26.3. The fraction of sp³-hybridized carbons (Fsp3) is 0.364. The van der Waals surface area contributed by atoms with Gasteiger partial charge in [-0.3, -0.25) is 9.59 Å². The molecule has 5 heteroatoms. The van der Waals surface area contributed by atoms with Crippen LogP contribution in [0, 0.1) is 5.41 Å². The summed E-state index contributed by atoms with van der Waals surface area (Å²) in [5.41, 5.74) is 1.68. The van der Waals surface area contributed by atoms with Crippen LogP contribution in [0.25, 0.3) is 11.1 Å². The Hall–Kier alpha value is -2.82. The molecule has 0 saturated carbocycles. The molecule has 0 unspecified atom stereocenters. The summed E-state index contributed by atoms with van der Waals surface area (Å²) in [6.07, 6.45) is 1.86. The van der Waals surface area contributed by atoms with Crippen molar-refractivity contribution in [3.63, 3.8) is 0 Å². The van der Waals surface area contributed by atoms with Crippen molar-refractivity contribution < 1.29 is 19.4 Å². The van der Waals surface area contributed by atoms with Gasteiger partial charge in [0.15, 0.2) is 0 Å². The van der Waals surface area contributed by atoms with E-state index in [1.165, 1.54) is 0 Å². The van der Waals surface area contributed by atoms with Crippen LogP contribution < -0.4 is 4.74 Å². The van der Waals surface area contributed by atoms with Gasteiger partial charge in [0.2, 0.25) is 0 Å². The van der Waals surface area contributed by atoms with Crippen molar-refractivity contribution in [3.05, 3.63) is 54.1 Å². The topological polar surface area (TPSA) is 66.8 Å². The van der Waals surface area contributed by atoms with Crippen LogP contribution in [-0.4, -0.2) is 42.1 Å². The number of carbonyl (C=O) groups is 2. The van der Waals surface area contributed by atoms with E-state index < -0.39 is 11.4 Å². The van der Waals surface area contributed by atoms with Crippen molar-refractivity contribution in [2.75, 3.05) is 20.2 Å². The Labute approximate surface area is 159 Å². The third-order valence-corrected chi connectivity index (χ3v) is 5.54. The molecular weight excluding hydrogens is 342 g/mol. The van der Waals surface area contributed by atoms with E-state index in [1.807, 2.05) is 43.3 Å². The largest absolute Gasteiger partial charge is 0.496 e. The number of amides is 1. The van der Waals surface area contributed by atoms with Crippen LogP contribution in [0.1, 0.15) is 36.5 Å². The lowest BCUT2D eigenvalue weighted by Gasteiger charge is -2.39. The SMILES string of the molecule is CC[C@@]1(C(=O)O)CCCN(C(=O)c2ccc(-c3ccccc3OC)cc2)C1. The lowest BCUT2D eigenvalue weighted by Crippen LogP contribution is -2.49. The quantitative estimate of drug-likeness (QED) is 0.865. The molecule has 1 atom stereocenters. The van der Waals surface area contributed by atoms with E-state index in [-0.39, 0.29) is 12.5 Å². The molecule has 0 radical (unpaired) electrons. The number of piperidine rings is 1. The molecule has 3 rings (SSSR count). The monoisotopic (exact) mass is 367 g/mol. The standard InChI is InChI=1S/C22H25NO4/c1-3-22(21(25)26)13-6-14-23(15-22)20(24)17-11-9-16(10-12-17)18-7-4-5-8-19(18)27-2/h4-5,7-12H,3,6,13-15H2,1-2H3,(H,25,26)/t22-/m1/s1. The number of carboxylic acid groups (broad SMARTS) is 1. The second-order valence-corrected chi connectivity index (χ2v) is 7.05. The number of methoxy groups -OCH3 is 1. The van der Waals surface area contributed by atoms with Crippen molar-refractivity contribution in [2.45, 2.75) is 26.2 Å². The van der Waals surface area contributed by atoms with E-state index in [0.717, 1.165) is 16.9 Å². The van der Waals surface area contributed by atoms with Gasteiger partial charge in [-0.2, -0.15) is 0 Å². The number of carbonyl (C=O) groups excluding carboxylic acids is 1. The lowest BCUT2D eigenvalue weighted by molar-refractivity contribution is -0.152. The summed E-state index contributed by atoms with van der Waals surface area (Å²) in [5.74, 6) is -0.142. The summed E-state index contributed by atoms with van der Waals surface area (Å²) in [6.45, 7) is 2.75. The number of likely N-dealkylation sites (tertiary alicyclic amines) is 1. The normalized spacial score (nSPS) is 19.6. The first-order valence-electron chi connectivity index (χ1n) is 9.27. The van der Waals surface area contributed by atoms with Crippen LogP contribution in [-0.2, 0) is 4.79 Å². The first kappa shape index (κ1) is 19.0. The zero-order chi connectivity index (χ0) is 19.4. The maximum Gasteiger partial charge on any atom is 0.311 e. The lowest BCUT2D eigenvalue weighted by atomic mass is 9.77. The van der Waals surface area contributed by atoms with Crippen LogP contribution in [0.3, 0.4) is 0 Å². The Morgan fingerprint density at radius 3 is 2.48 bits per heavy atom. The molecule has 0 aliphatic carbocycles. The maximum absolute atomic E-state index is 12.9. The molecule has 1 aliphatic rings. The van der Waals surface area contributed by atoms with Gasteiger partial charge in [0, 0.05) is 24.2 Å². The maximum atomic E-state index is 12.9. The second kappa shape index (κ2) is 7.82. The zero-order valence-corrected chi connectivity index (χ0v) is 15.8. The summed E-state index contributed by atoms with van der Waals surface area (Å²) >= 11 is 0. The Morgan fingerprint density at radius 1 is 1.15 bits per heavy atom. The number of hydrogen-bond donors (Lipinski definition) is 1. The highest BCUT2D eigenvalue weighted by molar-refractivity contribution is 5.95. The number of nitrogens with zero attached hydrogens (tertiary/aromatic N) is 1. The number of rotatable bonds is 5. The molecule has 1 N–H and O–H groups in total.